The first kappa shape index (κ1) is 21.2. The molecule has 1 N–H and O–H groups in total. The van der Waals surface area contributed by atoms with Crippen LogP contribution in [0.25, 0.3) is 0 Å². The molecule has 0 spiro atoms. The van der Waals surface area contributed by atoms with Crippen molar-refractivity contribution >= 4 is 17.7 Å². The van der Waals surface area contributed by atoms with Gasteiger partial charge in [-0.2, -0.15) is 0 Å². The topological polar surface area (TPSA) is 42.0 Å². The number of nitrogens with one attached hydrogen (secondary N) is 1. The number of benzene rings is 1. The molecule has 3 nitrogen and oxygen atoms in total. The summed E-state index contributed by atoms with van der Waals surface area (Å²) in [5, 5.41) is 3.50. The fourth-order valence-electron chi connectivity index (χ4n) is 4.82. The van der Waals surface area contributed by atoms with Crippen molar-refractivity contribution in [3.63, 3.8) is 0 Å². The molecule has 30 heavy (non-hydrogen) atoms. The minimum atomic E-state index is -3.07. The van der Waals surface area contributed by atoms with Crippen LogP contribution in [0.3, 0.4) is 0 Å². The van der Waals surface area contributed by atoms with Crippen LogP contribution in [-0.2, 0) is 5.92 Å². The van der Waals surface area contributed by atoms with E-state index in [0.29, 0.717) is 23.1 Å². The van der Waals surface area contributed by atoms with E-state index in [1.807, 2.05) is 0 Å². The highest BCUT2D eigenvalue weighted by Gasteiger charge is 2.41. The Balaban J connectivity index is 1.33. The smallest absolute Gasteiger partial charge is 0.274 e. The summed E-state index contributed by atoms with van der Waals surface area (Å²) < 4.78 is 41.8. The average Bonchev–Trinajstić information content (AvgIpc) is 3.32. The fourth-order valence-corrected chi connectivity index (χ4v) is 5.82. The molecule has 0 radical (unpaired) electrons. The Labute approximate surface area is 178 Å². The van der Waals surface area contributed by atoms with E-state index >= 15 is 0 Å². The lowest BCUT2D eigenvalue weighted by molar-refractivity contribution is -0.00707. The Morgan fingerprint density at radius 2 is 1.77 bits per heavy atom. The molecule has 1 aromatic heterocycles. The van der Waals surface area contributed by atoms with Crippen molar-refractivity contribution in [3.8, 4) is 0 Å². The summed E-state index contributed by atoms with van der Waals surface area (Å²) in [4.78, 5) is 17.0. The number of hydrogen-bond acceptors (Lipinski definition) is 3. The molecule has 2 aliphatic carbocycles. The van der Waals surface area contributed by atoms with Gasteiger partial charge in [0.25, 0.3) is 11.8 Å². The number of alkyl halides is 2. The summed E-state index contributed by atoms with van der Waals surface area (Å²) >= 11 is 1.15. The molecule has 2 aliphatic rings. The maximum Gasteiger partial charge on any atom is 0.274 e. The predicted molar refractivity (Wildman–Crippen MR) is 111 cm³/mol. The number of fused-ring (bicyclic) bond motifs is 2. The van der Waals surface area contributed by atoms with Gasteiger partial charge in [0.2, 0.25) is 0 Å². The molecule has 7 heteroatoms. The maximum absolute atomic E-state index is 14.4. The SMILES string of the molecule is O=C(NCC1C2CCC1CC2)c1cccnc1SCCC(F)(F)c1ccc(F)cc1. The molecule has 160 valence electrons. The van der Waals surface area contributed by atoms with Crippen molar-refractivity contribution in [2.45, 2.75) is 43.1 Å². The van der Waals surface area contributed by atoms with E-state index in [1.165, 1.54) is 25.7 Å². The fraction of sp³-hybridized carbons (Fsp3) is 0.478. The van der Waals surface area contributed by atoms with Crippen LogP contribution in [0.4, 0.5) is 13.2 Å². The van der Waals surface area contributed by atoms with Crippen LogP contribution in [0, 0.1) is 23.6 Å². The van der Waals surface area contributed by atoms with Crippen LogP contribution >= 0.6 is 11.8 Å². The second-order valence-electron chi connectivity index (χ2n) is 8.21. The first-order valence-corrected chi connectivity index (χ1v) is 11.4. The number of halogens is 3. The third-order valence-corrected chi connectivity index (χ3v) is 7.47. The lowest BCUT2D eigenvalue weighted by Crippen LogP contribution is -2.31. The monoisotopic (exact) mass is 434 g/mol. The lowest BCUT2D eigenvalue weighted by Gasteiger charge is -2.18. The number of aromatic nitrogens is 1. The van der Waals surface area contributed by atoms with Gasteiger partial charge < -0.3 is 5.32 Å². The van der Waals surface area contributed by atoms with Crippen molar-refractivity contribution in [2.75, 3.05) is 12.3 Å². The highest BCUT2D eigenvalue weighted by Crippen LogP contribution is 2.48. The Kier molecular flexibility index (Phi) is 6.37. The summed E-state index contributed by atoms with van der Waals surface area (Å²) in [6.07, 6.45) is 6.20. The van der Waals surface area contributed by atoms with Crippen molar-refractivity contribution in [3.05, 3.63) is 59.5 Å². The molecule has 0 saturated heterocycles. The minimum Gasteiger partial charge on any atom is -0.352 e. The van der Waals surface area contributed by atoms with Crippen molar-refractivity contribution in [1.82, 2.24) is 10.3 Å². The first-order valence-electron chi connectivity index (χ1n) is 10.4. The Hall–Kier alpha value is -2.02. The van der Waals surface area contributed by atoms with Gasteiger partial charge >= 0.3 is 0 Å². The molecule has 4 rings (SSSR count). The molecular weight excluding hydrogens is 409 g/mol. The summed E-state index contributed by atoms with van der Waals surface area (Å²) in [7, 11) is 0. The second-order valence-corrected chi connectivity index (χ2v) is 9.30. The summed E-state index contributed by atoms with van der Waals surface area (Å²) in [5.41, 5.74) is 0.215. The Bertz CT molecular complexity index is 870. The standard InChI is InChI=1S/C23H25F3N2OS/c24-18-9-7-17(8-10-18)23(25,26)11-13-30-22-19(2-1-12-27-22)21(29)28-14-20-15-3-4-16(20)6-5-15/h1-2,7-10,12,15-16,20H,3-6,11,13-14H2,(H,28,29). The number of carbonyl (C=O) groups is 1. The van der Waals surface area contributed by atoms with Crippen LogP contribution < -0.4 is 5.32 Å². The Morgan fingerprint density at radius 1 is 1.10 bits per heavy atom. The van der Waals surface area contributed by atoms with Crippen molar-refractivity contribution in [2.24, 2.45) is 17.8 Å². The number of rotatable bonds is 8. The molecule has 0 atom stereocenters. The molecule has 2 bridgehead atoms. The number of hydrogen-bond donors (Lipinski definition) is 1. The molecule has 1 aromatic carbocycles. The lowest BCUT2D eigenvalue weighted by atomic mass is 9.98. The molecule has 1 heterocycles. The number of amides is 1. The van der Waals surface area contributed by atoms with Crippen LogP contribution in [0.1, 0.15) is 48.0 Å². The molecule has 0 unspecified atom stereocenters. The Morgan fingerprint density at radius 3 is 2.43 bits per heavy atom. The number of nitrogens with zero attached hydrogens (tertiary/aromatic N) is 1. The van der Waals surface area contributed by atoms with Crippen molar-refractivity contribution in [1.29, 1.82) is 0 Å². The summed E-state index contributed by atoms with van der Waals surface area (Å²) in [5.74, 6) is -1.69. The summed E-state index contributed by atoms with van der Waals surface area (Å²) in [6, 6.07) is 7.66. The zero-order valence-corrected chi connectivity index (χ0v) is 17.4. The maximum atomic E-state index is 14.4. The van der Waals surface area contributed by atoms with E-state index in [9.17, 15) is 18.0 Å². The van der Waals surface area contributed by atoms with Crippen molar-refractivity contribution < 1.29 is 18.0 Å². The second kappa shape index (κ2) is 9.00. The third kappa shape index (κ3) is 4.66. The van der Waals surface area contributed by atoms with E-state index in [4.69, 9.17) is 0 Å². The van der Waals surface area contributed by atoms with Gasteiger partial charge in [-0.05, 0) is 67.7 Å². The van der Waals surface area contributed by atoms with Gasteiger partial charge in [-0.1, -0.05) is 12.1 Å². The molecule has 0 aliphatic heterocycles. The quantitative estimate of drug-likeness (QED) is 0.545. The number of pyridine rings is 1. The normalized spacial score (nSPS) is 23.0. The molecule has 2 saturated carbocycles. The molecule has 1 amide bonds. The molecule has 2 aromatic rings. The van der Waals surface area contributed by atoms with Crippen LogP contribution in [-0.4, -0.2) is 23.2 Å². The van der Waals surface area contributed by atoms with Gasteiger partial charge in [0.15, 0.2) is 0 Å². The molecular formula is C23H25F3N2OS. The zero-order valence-electron chi connectivity index (χ0n) is 16.6. The summed E-state index contributed by atoms with van der Waals surface area (Å²) in [6.45, 7) is 0.676. The predicted octanol–water partition coefficient (Wildman–Crippen LogP) is 5.66. The van der Waals surface area contributed by atoms with Gasteiger partial charge in [0.05, 0.1) is 5.56 Å². The van der Waals surface area contributed by atoms with Gasteiger partial charge in [0, 0.05) is 30.5 Å². The minimum absolute atomic E-state index is 0.0917. The van der Waals surface area contributed by atoms with Gasteiger partial charge in [-0.15, -0.1) is 11.8 Å². The van der Waals surface area contributed by atoms with Gasteiger partial charge in [-0.3, -0.25) is 4.79 Å². The largest absolute Gasteiger partial charge is 0.352 e. The van der Waals surface area contributed by atoms with E-state index in [2.05, 4.69) is 10.3 Å². The van der Waals surface area contributed by atoms with E-state index < -0.39 is 18.2 Å². The molecule has 2 fully saturated rings. The number of thioether (sulfide) groups is 1. The van der Waals surface area contributed by atoms with Gasteiger partial charge in [0.1, 0.15) is 10.8 Å². The van der Waals surface area contributed by atoms with E-state index in [1.54, 1.807) is 18.3 Å². The van der Waals surface area contributed by atoms with Crippen LogP contribution in [0.2, 0.25) is 0 Å². The highest BCUT2D eigenvalue weighted by atomic mass is 32.2. The van der Waals surface area contributed by atoms with Crippen LogP contribution in [0.15, 0.2) is 47.6 Å². The number of carbonyl (C=O) groups excluding carboxylic acids is 1. The van der Waals surface area contributed by atoms with Crippen LogP contribution in [0.5, 0.6) is 0 Å². The van der Waals surface area contributed by atoms with E-state index in [-0.39, 0.29) is 17.2 Å². The van der Waals surface area contributed by atoms with Gasteiger partial charge in [-0.25, -0.2) is 18.2 Å². The zero-order chi connectivity index (χ0) is 21.1. The van der Waals surface area contributed by atoms with E-state index in [0.717, 1.165) is 47.9 Å². The highest BCUT2D eigenvalue weighted by molar-refractivity contribution is 7.99. The third-order valence-electron chi connectivity index (χ3n) is 6.46. The first-order chi connectivity index (χ1) is 14.4. The average molecular weight is 435 g/mol.